The minimum absolute atomic E-state index is 0.0419. The van der Waals surface area contributed by atoms with Gasteiger partial charge in [0.15, 0.2) is 0 Å². The van der Waals surface area contributed by atoms with Crippen molar-refractivity contribution < 1.29 is 14.3 Å². The second kappa shape index (κ2) is 10.7. The van der Waals surface area contributed by atoms with Crippen LogP contribution < -0.4 is 9.64 Å². The lowest BCUT2D eigenvalue weighted by atomic mass is 10.1. The molecule has 1 aliphatic heterocycles. The highest BCUT2D eigenvalue weighted by atomic mass is 16.5. The second-order valence-corrected chi connectivity index (χ2v) is 8.09. The van der Waals surface area contributed by atoms with Crippen LogP contribution in [0.4, 0.5) is 10.5 Å². The fraction of sp³-hybridized carbons (Fsp3) is 0.259. The average molecular weight is 444 g/mol. The molecule has 6 nitrogen and oxygen atoms in total. The van der Waals surface area contributed by atoms with Crippen LogP contribution in [0.3, 0.4) is 0 Å². The van der Waals surface area contributed by atoms with Gasteiger partial charge in [0.25, 0.3) is 0 Å². The molecule has 0 N–H and O–H groups in total. The Morgan fingerprint density at radius 3 is 2.15 bits per heavy atom. The molecule has 0 atom stereocenters. The van der Waals surface area contributed by atoms with Crippen molar-refractivity contribution >= 4 is 17.6 Å². The van der Waals surface area contributed by atoms with Gasteiger partial charge in [0.1, 0.15) is 12.3 Å². The van der Waals surface area contributed by atoms with Crippen LogP contribution in [0.25, 0.3) is 0 Å². The summed E-state index contributed by atoms with van der Waals surface area (Å²) in [5.41, 5.74) is 3.07. The van der Waals surface area contributed by atoms with E-state index in [1.165, 1.54) is 5.56 Å². The number of carbonyl (C=O) groups is 2. The van der Waals surface area contributed by atoms with Gasteiger partial charge < -0.3 is 14.5 Å². The van der Waals surface area contributed by atoms with E-state index in [4.69, 9.17) is 4.74 Å². The predicted octanol–water partition coefficient (Wildman–Crippen LogP) is 4.21. The van der Waals surface area contributed by atoms with Crippen molar-refractivity contribution in [3.63, 3.8) is 0 Å². The van der Waals surface area contributed by atoms with Crippen molar-refractivity contribution in [3.05, 3.63) is 96.1 Å². The summed E-state index contributed by atoms with van der Waals surface area (Å²) in [6.45, 7) is 2.28. The number of methoxy groups -OCH3 is 1. The molecule has 33 heavy (non-hydrogen) atoms. The summed E-state index contributed by atoms with van der Waals surface area (Å²) in [6.07, 6.45) is 0.769. The number of amides is 3. The quantitative estimate of drug-likeness (QED) is 0.498. The van der Waals surface area contributed by atoms with Crippen LogP contribution in [0.2, 0.25) is 0 Å². The van der Waals surface area contributed by atoms with E-state index in [-0.39, 0.29) is 18.5 Å². The van der Waals surface area contributed by atoms with E-state index in [0.29, 0.717) is 26.2 Å². The van der Waals surface area contributed by atoms with Crippen molar-refractivity contribution in [1.29, 1.82) is 0 Å². The molecule has 0 bridgehead atoms. The standard InChI is InChI=1S/C27H29N3O3/c1-33-25-14-12-24(13-15-25)30-19-18-29(27(30)32)21-26(31)28(20-23-10-6-3-7-11-23)17-16-22-8-4-2-5-9-22/h2-15H,16-21H2,1H3. The molecule has 1 fully saturated rings. The van der Waals surface area contributed by atoms with Crippen molar-refractivity contribution in [2.45, 2.75) is 13.0 Å². The molecule has 1 heterocycles. The number of urea groups is 1. The Balaban J connectivity index is 1.42. The SMILES string of the molecule is COc1ccc(N2CCN(CC(=O)N(CCc3ccccc3)Cc3ccccc3)C2=O)cc1. The third-order valence-electron chi connectivity index (χ3n) is 5.89. The van der Waals surface area contributed by atoms with E-state index in [1.54, 1.807) is 16.9 Å². The number of hydrogen-bond acceptors (Lipinski definition) is 3. The average Bonchev–Trinajstić information content (AvgIpc) is 3.22. The summed E-state index contributed by atoms with van der Waals surface area (Å²) in [4.78, 5) is 31.5. The third-order valence-corrected chi connectivity index (χ3v) is 5.89. The lowest BCUT2D eigenvalue weighted by Gasteiger charge is -2.26. The molecule has 0 unspecified atom stereocenters. The van der Waals surface area contributed by atoms with Gasteiger partial charge in [-0.2, -0.15) is 0 Å². The van der Waals surface area contributed by atoms with Crippen LogP contribution >= 0.6 is 0 Å². The van der Waals surface area contributed by atoms with Crippen LogP contribution in [0.5, 0.6) is 5.75 Å². The molecule has 0 spiro atoms. The van der Waals surface area contributed by atoms with Crippen molar-refractivity contribution in [2.75, 3.05) is 38.2 Å². The van der Waals surface area contributed by atoms with Crippen LogP contribution in [-0.4, -0.2) is 55.0 Å². The molecule has 0 aliphatic carbocycles. The van der Waals surface area contributed by atoms with Gasteiger partial charge in [-0.15, -0.1) is 0 Å². The van der Waals surface area contributed by atoms with Gasteiger partial charge in [-0.1, -0.05) is 60.7 Å². The normalized spacial score (nSPS) is 13.3. The van der Waals surface area contributed by atoms with Gasteiger partial charge in [-0.25, -0.2) is 4.79 Å². The summed E-state index contributed by atoms with van der Waals surface area (Å²) in [5.74, 6) is 0.701. The molecule has 0 radical (unpaired) electrons. The van der Waals surface area contributed by atoms with E-state index < -0.39 is 0 Å². The minimum atomic E-state index is -0.142. The van der Waals surface area contributed by atoms with Crippen molar-refractivity contribution in [3.8, 4) is 5.75 Å². The smallest absolute Gasteiger partial charge is 0.325 e. The fourth-order valence-electron chi connectivity index (χ4n) is 4.00. The molecule has 0 aromatic heterocycles. The number of nitrogens with zero attached hydrogens (tertiary/aromatic N) is 3. The highest BCUT2D eigenvalue weighted by molar-refractivity contribution is 5.96. The molecule has 6 heteroatoms. The molecular formula is C27H29N3O3. The summed E-state index contributed by atoms with van der Waals surface area (Å²) >= 11 is 0. The number of rotatable bonds is 9. The van der Waals surface area contributed by atoms with E-state index in [9.17, 15) is 9.59 Å². The van der Waals surface area contributed by atoms with Crippen LogP contribution in [0.1, 0.15) is 11.1 Å². The topological polar surface area (TPSA) is 53.1 Å². The van der Waals surface area contributed by atoms with Crippen molar-refractivity contribution in [1.82, 2.24) is 9.80 Å². The number of ether oxygens (including phenoxy) is 1. The number of carbonyl (C=O) groups excluding carboxylic acids is 2. The van der Waals surface area contributed by atoms with Gasteiger partial charge in [0.2, 0.25) is 5.91 Å². The maximum absolute atomic E-state index is 13.3. The summed E-state index contributed by atoms with van der Waals surface area (Å²) in [5, 5.41) is 0. The Hall–Kier alpha value is -3.80. The summed E-state index contributed by atoms with van der Waals surface area (Å²) < 4.78 is 5.20. The Morgan fingerprint density at radius 1 is 0.879 bits per heavy atom. The highest BCUT2D eigenvalue weighted by Gasteiger charge is 2.32. The first-order chi connectivity index (χ1) is 16.1. The lowest BCUT2D eigenvalue weighted by molar-refractivity contribution is -0.132. The maximum atomic E-state index is 13.3. The Kier molecular flexibility index (Phi) is 7.25. The monoisotopic (exact) mass is 443 g/mol. The first-order valence-corrected chi connectivity index (χ1v) is 11.2. The minimum Gasteiger partial charge on any atom is -0.497 e. The summed E-state index contributed by atoms with van der Waals surface area (Å²) in [7, 11) is 1.61. The van der Waals surface area contributed by atoms with Crippen LogP contribution in [-0.2, 0) is 17.8 Å². The van der Waals surface area contributed by atoms with E-state index >= 15 is 0 Å². The lowest BCUT2D eigenvalue weighted by Crippen LogP contribution is -2.42. The molecule has 4 rings (SSSR count). The molecule has 1 saturated heterocycles. The maximum Gasteiger partial charge on any atom is 0.325 e. The zero-order valence-electron chi connectivity index (χ0n) is 18.9. The number of benzene rings is 3. The van der Waals surface area contributed by atoms with Gasteiger partial charge in [0.05, 0.1) is 7.11 Å². The highest BCUT2D eigenvalue weighted by Crippen LogP contribution is 2.23. The largest absolute Gasteiger partial charge is 0.497 e. The van der Waals surface area contributed by atoms with E-state index in [2.05, 4.69) is 12.1 Å². The molecule has 3 aromatic rings. The van der Waals surface area contributed by atoms with Crippen LogP contribution in [0.15, 0.2) is 84.9 Å². The molecule has 0 saturated carbocycles. The van der Waals surface area contributed by atoms with Gasteiger partial charge in [-0.05, 0) is 41.8 Å². The fourth-order valence-corrected chi connectivity index (χ4v) is 4.00. The Morgan fingerprint density at radius 2 is 1.52 bits per heavy atom. The first-order valence-electron chi connectivity index (χ1n) is 11.2. The third kappa shape index (κ3) is 5.71. The van der Waals surface area contributed by atoms with Crippen LogP contribution in [0, 0.1) is 0 Å². The predicted molar refractivity (Wildman–Crippen MR) is 129 cm³/mol. The van der Waals surface area contributed by atoms with E-state index in [1.807, 2.05) is 77.7 Å². The van der Waals surface area contributed by atoms with Gasteiger partial charge >= 0.3 is 6.03 Å². The van der Waals surface area contributed by atoms with Crippen molar-refractivity contribution in [2.24, 2.45) is 0 Å². The molecule has 3 aromatic carbocycles. The number of anilines is 1. The zero-order valence-corrected chi connectivity index (χ0v) is 18.9. The summed E-state index contributed by atoms with van der Waals surface area (Å²) in [6, 6.07) is 27.4. The number of hydrogen-bond donors (Lipinski definition) is 0. The molecule has 3 amide bonds. The van der Waals surface area contributed by atoms with E-state index in [0.717, 1.165) is 23.4 Å². The molecule has 1 aliphatic rings. The first kappa shape index (κ1) is 22.4. The zero-order chi connectivity index (χ0) is 23.0. The Labute approximate surface area is 195 Å². The van der Waals surface area contributed by atoms with Gasteiger partial charge in [0, 0.05) is 31.9 Å². The molecular weight excluding hydrogens is 414 g/mol. The second-order valence-electron chi connectivity index (χ2n) is 8.09. The Bertz CT molecular complexity index is 1050. The van der Waals surface area contributed by atoms with Gasteiger partial charge in [-0.3, -0.25) is 9.69 Å². The molecule has 170 valence electrons.